The molecule has 0 aliphatic carbocycles. The van der Waals surface area contributed by atoms with Crippen molar-refractivity contribution in [1.82, 2.24) is 15.3 Å². The molecule has 0 fully saturated rings. The normalized spacial score (nSPS) is 9.69. The Bertz CT molecular complexity index is 356. The van der Waals surface area contributed by atoms with Crippen molar-refractivity contribution in [3.8, 4) is 0 Å². The van der Waals surface area contributed by atoms with Crippen LogP contribution in [-0.4, -0.2) is 36.0 Å². The van der Waals surface area contributed by atoms with Gasteiger partial charge in [-0.05, 0) is 6.92 Å². The van der Waals surface area contributed by atoms with Crippen LogP contribution in [0.3, 0.4) is 0 Å². The summed E-state index contributed by atoms with van der Waals surface area (Å²) in [5, 5.41) is 2.56. The van der Waals surface area contributed by atoms with Gasteiger partial charge in [0.25, 0.3) is 0 Å². The average molecular weight is 224 g/mol. The van der Waals surface area contributed by atoms with E-state index in [2.05, 4.69) is 20.7 Å². The summed E-state index contributed by atoms with van der Waals surface area (Å²) in [4.78, 5) is 21.1. The summed E-state index contributed by atoms with van der Waals surface area (Å²) in [6.45, 7) is 2.88. The minimum atomic E-state index is -0.0669. The molecule has 1 amide bonds. The Labute approximate surface area is 94.0 Å². The minimum absolute atomic E-state index is 0.0669. The zero-order chi connectivity index (χ0) is 12.0. The molecule has 7 nitrogen and oxygen atoms in total. The topological polar surface area (TPSA) is 96.2 Å². The van der Waals surface area contributed by atoms with E-state index < -0.39 is 0 Å². The van der Waals surface area contributed by atoms with Gasteiger partial charge in [0, 0.05) is 19.7 Å². The second kappa shape index (κ2) is 5.86. The van der Waals surface area contributed by atoms with Crippen LogP contribution >= 0.6 is 0 Å². The first-order valence-corrected chi connectivity index (χ1v) is 4.95. The molecule has 88 valence electrons. The summed E-state index contributed by atoms with van der Waals surface area (Å²) in [6, 6.07) is 1.69. The second-order valence-corrected chi connectivity index (χ2v) is 3.09. The van der Waals surface area contributed by atoms with Crippen molar-refractivity contribution in [3.05, 3.63) is 12.4 Å². The maximum atomic E-state index is 11.3. The smallest absolute Gasteiger partial charge is 0.239 e. The highest BCUT2D eigenvalue weighted by Crippen LogP contribution is 2.12. The van der Waals surface area contributed by atoms with Crippen LogP contribution in [0.5, 0.6) is 0 Å². The van der Waals surface area contributed by atoms with Gasteiger partial charge in [0.05, 0.1) is 6.54 Å². The van der Waals surface area contributed by atoms with Crippen molar-refractivity contribution in [2.75, 3.05) is 30.5 Å². The predicted octanol–water partition coefficient (Wildman–Crippen LogP) is -0.665. The molecule has 0 radical (unpaired) electrons. The van der Waals surface area contributed by atoms with Gasteiger partial charge in [0.1, 0.15) is 18.0 Å². The fraction of sp³-hybridized carbons (Fsp3) is 0.444. The van der Waals surface area contributed by atoms with Crippen LogP contribution in [0.15, 0.2) is 12.4 Å². The Balaban J connectivity index is 2.81. The SMILES string of the molecule is CCN(CC(=O)NC)c1cc(NN)ncn1. The highest BCUT2D eigenvalue weighted by atomic mass is 16.1. The van der Waals surface area contributed by atoms with Gasteiger partial charge in [-0.25, -0.2) is 15.8 Å². The molecule has 1 aromatic heterocycles. The molecular formula is C9H16N6O. The molecule has 0 saturated carbocycles. The Hall–Kier alpha value is -1.89. The third-order valence-corrected chi connectivity index (χ3v) is 2.12. The van der Waals surface area contributed by atoms with E-state index in [1.165, 1.54) is 6.33 Å². The first-order chi connectivity index (χ1) is 7.71. The fourth-order valence-electron chi connectivity index (χ4n) is 1.21. The second-order valence-electron chi connectivity index (χ2n) is 3.09. The van der Waals surface area contributed by atoms with E-state index in [0.717, 1.165) is 0 Å². The number of likely N-dealkylation sites (N-methyl/N-ethyl adjacent to an activating group) is 2. The first-order valence-electron chi connectivity index (χ1n) is 4.95. The molecule has 16 heavy (non-hydrogen) atoms. The van der Waals surface area contributed by atoms with E-state index in [4.69, 9.17) is 5.84 Å². The number of rotatable bonds is 5. The van der Waals surface area contributed by atoms with E-state index in [-0.39, 0.29) is 12.5 Å². The van der Waals surface area contributed by atoms with E-state index in [9.17, 15) is 4.79 Å². The average Bonchev–Trinajstić information content (AvgIpc) is 2.35. The van der Waals surface area contributed by atoms with Crippen molar-refractivity contribution in [2.24, 2.45) is 5.84 Å². The number of aromatic nitrogens is 2. The summed E-state index contributed by atoms with van der Waals surface area (Å²) < 4.78 is 0. The lowest BCUT2D eigenvalue weighted by Gasteiger charge is -2.20. The molecule has 1 rings (SSSR count). The lowest BCUT2D eigenvalue weighted by Crippen LogP contribution is -2.36. The number of hydrazine groups is 1. The van der Waals surface area contributed by atoms with Crippen LogP contribution in [-0.2, 0) is 4.79 Å². The number of carbonyl (C=O) groups is 1. The standard InChI is InChI=1S/C9H16N6O/c1-3-15(5-9(16)11-2)8-4-7(14-10)12-6-13-8/h4,6H,3,5,10H2,1-2H3,(H,11,16)(H,12,13,14). The quantitative estimate of drug-likeness (QED) is 0.453. The molecule has 1 aromatic rings. The van der Waals surface area contributed by atoms with Gasteiger partial charge >= 0.3 is 0 Å². The van der Waals surface area contributed by atoms with Crippen LogP contribution in [0, 0.1) is 0 Å². The first kappa shape index (κ1) is 12.2. The van der Waals surface area contributed by atoms with Crippen molar-refractivity contribution >= 4 is 17.5 Å². The number of nitrogens with zero attached hydrogens (tertiary/aromatic N) is 3. The number of anilines is 2. The van der Waals surface area contributed by atoms with Crippen LogP contribution in [0.4, 0.5) is 11.6 Å². The monoisotopic (exact) mass is 224 g/mol. The van der Waals surface area contributed by atoms with Crippen LogP contribution < -0.4 is 21.5 Å². The lowest BCUT2D eigenvalue weighted by molar-refractivity contribution is -0.119. The molecule has 0 spiro atoms. The summed E-state index contributed by atoms with van der Waals surface area (Å²) in [5.41, 5.74) is 2.44. The number of nitrogens with one attached hydrogen (secondary N) is 2. The largest absolute Gasteiger partial charge is 0.358 e. The predicted molar refractivity (Wildman–Crippen MR) is 61.8 cm³/mol. The summed E-state index contributed by atoms with van der Waals surface area (Å²) in [6.07, 6.45) is 1.40. The Kier molecular flexibility index (Phi) is 4.46. The highest BCUT2D eigenvalue weighted by molar-refractivity contribution is 5.80. The van der Waals surface area contributed by atoms with Crippen molar-refractivity contribution in [1.29, 1.82) is 0 Å². The maximum absolute atomic E-state index is 11.3. The number of nitrogen functional groups attached to an aromatic ring is 1. The van der Waals surface area contributed by atoms with E-state index >= 15 is 0 Å². The van der Waals surface area contributed by atoms with Crippen molar-refractivity contribution in [3.63, 3.8) is 0 Å². The molecule has 0 aliphatic heterocycles. The number of hydrogen-bond donors (Lipinski definition) is 3. The molecule has 0 saturated heterocycles. The van der Waals surface area contributed by atoms with Gasteiger partial charge in [-0.15, -0.1) is 0 Å². The number of nitrogens with two attached hydrogens (primary N) is 1. The fourth-order valence-corrected chi connectivity index (χ4v) is 1.21. The maximum Gasteiger partial charge on any atom is 0.239 e. The molecule has 4 N–H and O–H groups in total. The van der Waals surface area contributed by atoms with Gasteiger partial charge in [-0.3, -0.25) is 4.79 Å². The summed E-state index contributed by atoms with van der Waals surface area (Å²) in [7, 11) is 1.60. The number of carbonyl (C=O) groups excluding carboxylic acids is 1. The van der Waals surface area contributed by atoms with E-state index in [1.807, 2.05) is 11.8 Å². The third-order valence-electron chi connectivity index (χ3n) is 2.12. The van der Waals surface area contributed by atoms with Gasteiger partial charge in [-0.1, -0.05) is 0 Å². The Morgan fingerprint density at radius 1 is 1.56 bits per heavy atom. The molecule has 7 heteroatoms. The van der Waals surface area contributed by atoms with Crippen molar-refractivity contribution < 1.29 is 4.79 Å². The van der Waals surface area contributed by atoms with Crippen LogP contribution in [0.2, 0.25) is 0 Å². The molecule has 0 bridgehead atoms. The molecule has 0 aliphatic rings. The van der Waals surface area contributed by atoms with Gasteiger partial charge in [0.15, 0.2) is 0 Å². The van der Waals surface area contributed by atoms with Gasteiger partial charge < -0.3 is 15.6 Å². The minimum Gasteiger partial charge on any atom is -0.358 e. The van der Waals surface area contributed by atoms with Crippen LogP contribution in [0.1, 0.15) is 6.92 Å². The zero-order valence-electron chi connectivity index (χ0n) is 9.40. The molecule has 1 heterocycles. The Morgan fingerprint density at radius 3 is 2.88 bits per heavy atom. The van der Waals surface area contributed by atoms with Crippen molar-refractivity contribution in [2.45, 2.75) is 6.92 Å². The number of hydrogen-bond acceptors (Lipinski definition) is 6. The molecule has 0 atom stereocenters. The lowest BCUT2D eigenvalue weighted by atomic mass is 10.4. The summed E-state index contributed by atoms with van der Waals surface area (Å²) >= 11 is 0. The zero-order valence-corrected chi connectivity index (χ0v) is 9.40. The molecular weight excluding hydrogens is 208 g/mol. The molecule has 0 unspecified atom stereocenters. The summed E-state index contributed by atoms with van der Waals surface area (Å²) in [5.74, 6) is 6.36. The van der Waals surface area contributed by atoms with Gasteiger partial charge in [-0.2, -0.15) is 0 Å². The molecule has 0 aromatic carbocycles. The van der Waals surface area contributed by atoms with E-state index in [0.29, 0.717) is 18.2 Å². The van der Waals surface area contributed by atoms with E-state index in [1.54, 1.807) is 13.1 Å². The third kappa shape index (κ3) is 3.06. The number of amides is 1. The Morgan fingerprint density at radius 2 is 2.31 bits per heavy atom. The highest BCUT2D eigenvalue weighted by Gasteiger charge is 2.10. The van der Waals surface area contributed by atoms with Gasteiger partial charge in [0.2, 0.25) is 5.91 Å². The van der Waals surface area contributed by atoms with Crippen LogP contribution in [0.25, 0.3) is 0 Å².